The summed E-state index contributed by atoms with van der Waals surface area (Å²) in [6.45, 7) is 2.06. The Balaban J connectivity index is 1.88. The Morgan fingerprint density at radius 3 is 2.53 bits per heavy atom. The molecular formula is C18H17F5N6O. The summed E-state index contributed by atoms with van der Waals surface area (Å²) in [5.41, 5.74) is -1.40. The highest BCUT2D eigenvalue weighted by atomic mass is 19.4. The van der Waals surface area contributed by atoms with Gasteiger partial charge in [0.25, 0.3) is 0 Å². The lowest BCUT2D eigenvalue weighted by Crippen LogP contribution is -2.44. The molecule has 1 atom stereocenters. The summed E-state index contributed by atoms with van der Waals surface area (Å²) in [4.78, 5) is 25.6. The molecule has 1 saturated heterocycles. The van der Waals surface area contributed by atoms with Crippen LogP contribution < -0.4 is 15.5 Å². The van der Waals surface area contributed by atoms with Gasteiger partial charge in [-0.3, -0.25) is 4.79 Å². The number of carbonyl (C=O) groups excluding carboxylic acids is 1. The Morgan fingerprint density at radius 2 is 1.87 bits per heavy atom. The smallest absolute Gasteiger partial charge is 0.354 e. The molecule has 160 valence electrons. The number of nitrogens with one attached hydrogen (secondary N) is 2. The Labute approximate surface area is 167 Å². The third kappa shape index (κ3) is 3.91. The summed E-state index contributed by atoms with van der Waals surface area (Å²) in [6.07, 6.45) is -7.09. The minimum absolute atomic E-state index is 0.0853. The monoisotopic (exact) mass is 428 g/mol. The van der Waals surface area contributed by atoms with Gasteiger partial charge in [-0.2, -0.15) is 13.2 Å². The maximum Gasteiger partial charge on any atom is 0.416 e. The first kappa shape index (κ1) is 20.4. The summed E-state index contributed by atoms with van der Waals surface area (Å²) in [6, 6.07) is 1.72. The van der Waals surface area contributed by atoms with Crippen molar-refractivity contribution >= 4 is 17.5 Å². The molecule has 30 heavy (non-hydrogen) atoms. The molecule has 2 N–H and O–H groups in total. The fraction of sp³-hybridized carbons (Fsp3) is 0.444. The zero-order valence-corrected chi connectivity index (χ0v) is 15.5. The molecule has 2 aromatic rings. The number of piperazine rings is 1. The van der Waals surface area contributed by atoms with Gasteiger partial charge in [0.1, 0.15) is 18.0 Å². The molecule has 2 aromatic heterocycles. The topological polar surface area (TPSA) is 83.0 Å². The standard InChI is InChI=1S/C18H17F5N6O/c19-16(20)10-7-13(30)28-17-14(10)15(25-8-26-17)11-5-9(18(21,22)23)6-12(27-11)29-3-1-24-2-4-29/h5-6,8,10,16,24H,1-4,7H2,(H,25,26,28,30)/t10-/m0/s1. The summed E-state index contributed by atoms with van der Waals surface area (Å²) in [7, 11) is 0. The quantitative estimate of drug-likeness (QED) is 0.732. The lowest BCUT2D eigenvalue weighted by atomic mass is 9.90. The van der Waals surface area contributed by atoms with Crippen LogP contribution in [0.1, 0.15) is 23.5 Å². The predicted molar refractivity (Wildman–Crippen MR) is 97.3 cm³/mol. The Kier molecular flexibility index (Phi) is 5.26. The van der Waals surface area contributed by atoms with Crippen molar-refractivity contribution in [1.82, 2.24) is 20.3 Å². The van der Waals surface area contributed by atoms with Gasteiger partial charge < -0.3 is 15.5 Å². The van der Waals surface area contributed by atoms with Gasteiger partial charge in [0.2, 0.25) is 12.3 Å². The van der Waals surface area contributed by atoms with Crippen molar-refractivity contribution in [1.29, 1.82) is 0 Å². The van der Waals surface area contributed by atoms with Gasteiger partial charge in [0.15, 0.2) is 0 Å². The molecule has 0 bridgehead atoms. The Bertz CT molecular complexity index is 961. The van der Waals surface area contributed by atoms with Crippen LogP contribution in [0.15, 0.2) is 18.5 Å². The first-order chi connectivity index (χ1) is 14.2. The van der Waals surface area contributed by atoms with Gasteiger partial charge in [-0.1, -0.05) is 0 Å². The van der Waals surface area contributed by atoms with Crippen LogP contribution >= 0.6 is 0 Å². The molecule has 0 spiro atoms. The van der Waals surface area contributed by atoms with Crippen LogP contribution in [0.2, 0.25) is 0 Å². The molecule has 2 aliphatic heterocycles. The van der Waals surface area contributed by atoms with E-state index in [1.165, 1.54) is 0 Å². The summed E-state index contributed by atoms with van der Waals surface area (Å²) in [5.74, 6) is -2.23. The van der Waals surface area contributed by atoms with Crippen molar-refractivity contribution in [2.75, 3.05) is 36.4 Å². The summed E-state index contributed by atoms with van der Waals surface area (Å²) >= 11 is 0. The van der Waals surface area contributed by atoms with Crippen molar-refractivity contribution in [2.45, 2.75) is 24.9 Å². The summed E-state index contributed by atoms with van der Waals surface area (Å²) in [5, 5.41) is 5.49. The normalized spacial score (nSPS) is 19.6. The molecule has 0 unspecified atom stereocenters. The van der Waals surface area contributed by atoms with E-state index in [0.29, 0.717) is 26.2 Å². The molecule has 4 rings (SSSR count). The molecule has 1 amide bonds. The Hall–Kier alpha value is -2.89. The molecule has 0 aliphatic carbocycles. The number of rotatable bonds is 3. The number of amides is 1. The maximum absolute atomic E-state index is 13.7. The van der Waals surface area contributed by atoms with Gasteiger partial charge in [-0.05, 0) is 12.1 Å². The highest BCUT2D eigenvalue weighted by Gasteiger charge is 2.37. The van der Waals surface area contributed by atoms with Crippen molar-refractivity contribution in [2.24, 2.45) is 0 Å². The van der Waals surface area contributed by atoms with Crippen molar-refractivity contribution < 1.29 is 26.7 Å². The number of anilines is 2. The zero-order valence-electron chi connectivity index (χ0n) is 15.5. The number of fused-ring (bicyclic) bond motifs is 1. The van der Waals surface area contributed by atoms with Gasteiger partial charge in [-0.25, -0.2) is 23.7 Å². The number of pyridine rings is 1. The molecule has 4 heterocycles. The molecule has 2 aliphatic rings. The SMILES string of the molecule is O=C1C[C@H](C(F)F)c2c(ncnc2-c2cc(C(F)(F)F)cc(N3CCNCC3)n2)N1. The lowest BCUT2D eigenvalue weighted by molar-refractivity contribution is -0.137. The van der Waals surface area contributed by atoms with E-state index >= 15 is 0 Å². The molecular weight excluding hydrogens is 411 g/mol. The highest BCUT2D eigenvalue weighted by Crippen LogP contribution is 2.41. The van der Waals surface area contributed by atoms with Crippen LogP contribution in [-0.4, -0.2) is 53.5 Å². The van der Waals surface area contributed by atoms with Gasteiger partial charge in [0, 0.05) is 38.2 Å². The average molecular weight is 428 g/mol. The Morgan fingerprint density at radius 1 is 1.13 bits per heavy atom. The minimum Gasteiger partial charge on any atom is -0.354 e. The van der Waals surface area contributed by atoms with Crippen LogP contribution in [0.25, 0.3) is 11.4 Å². The highest BCUT2D eigenvalue weighted by molar-refractivity contribution is 5.95. The van der Waals surface area contributed by atoms with Gasteiger partial charge in [0.05, 0.1) is 22.9 Å². The predicted octanol–water partition coefficient (Wildman–Crippen LogP) is 2.66. The van der Waals surface area contributed by atoms with Crippen molar-refractivity contribution in [3.8, 4) is 11.4 Å². The maximum atomic E-state index is 13.7. The third-order valence-electron chi connectivity index (χ3n) is 5.04. The van der Waals surface area contributed by atoms with E-state index in [9.17, 15) is 26.7 Å². The molecule has 0 saturated carbocycles. The molecule has 0 aromatic carbocycles. The van der Waals surface area contributed by atoms with Crippen molar-refractivity contribution in [3.05, 3.63) is 29.6 Å². The van der Waals surface area contributed by atoms with Gasteiger partial charge >= 0.3 is 6.18 Å². The number of carbonyl (C=O) groups is 1. The van der Waals surface area contributed by atoms with E-state index in [2.05, 4.69) is 25.6 Å². The number of hydrogen-bond acceptors (Lipinski definition) is 6. The first-order valence-corrected chi connectivity index (χ1v) is 9.22. The minimum atomic E-state index is -4.66. The number of alkyl halides is 5. The van der Waals surface area contributed by atoms with Crippen molar-refractivity contribution in [3.63, 3.8) is 0 Å². The number of nitrogens with zero attached hydrogens (tertiary/aromatic N) is 4. The van der Waals surface area contributed by atoms with E-state index in [1.807, 2.05) is 0 Å². The molecule has 0 radical (unpaired) electrons. The van der Waals surface area contributed by atoms with Crippen LogP contribution in [0.3, 0.4) is 0 Å². The molecule has 12 heteroatoms. The average Bonchev–Trinajstić information content (AvgIpc) is 2.72. The number of hydrogen-bond donors (Lipinski definition) is 2. The van der Waals surface area contributed by atoms with Gasteiger partial charge in [-0.15, -0.1) is 0 Å². The second kappa shape index (κ2) is 7.74. The van der Waals surface area contributed by atoms with Crippen LogP contribution in [0, 0.1) is 0 Å². The largest absolute Gasteiger partial charge is 0.416 e. The van der Waals surface area contributed by atoms with E-state index < -0.39 is 36.4 Å². The molecule has 1 fully saturated rings. The molecule has 7 nitrogen and oxygen atoms in total. The first-order valence-electron chi connectivity index (χ1n) is 9.22. The van der Waals surface area contributed by atoms with E-state index in [-0.39, 0.29) is 28.6 Å². The fourth-order valence-electron chi connectivity index (χ4n) is 3.61. The zero-order chi connectivity index (χ0) is 21.5. The summed E-state index contributed by atoms with van der Waals surface area (Å²) < 4.78 is 68.0. The fourth-order valence-corrected chi connectivity index (χ4v) is 3.61. The number of halogens is 5. The van der Waals surface area contributed by atoms with E-state index in [4.69, 9.17) is 0 Å². The van der Waals surface area contributed by atoms with E-state index in [0.717, 1.165) is 18.5 Å². The second-order valence-corrected chi connectivity index (χ2v) is 7.01. The number of aromatic nitrogens is 3. The second-order valence-electron chi connectivity index (χ2n) is 7.01. The van der Waals surface area contributed by atoms with Crippen LogP contribution in [-0.2, 0) is 11.0 Å². The third-order valence-corrected chi connectivity index (χ3v) is 5.04. The van der Waals surface area contributed by atoms with Crippen LogP contribution in [0.4, 0.5) is 33.6 Å². The van der Waals surface area contributed by atoms with E-state index in [1.54, 1.807) is 4.90 Å². The van der Waals surface area contributed by atoms with Crippen LogP contribution in [0.5, 0.6) is 0 Å². The lowest BCUT2D eigenvalue weighted by Gasteiger charge is -2.30.